The van der Waals surface area contributed by atoms with Crippen LogP contribution in [0.4, 0.5) is 0 Å². The predicted molar refractivity (Wildman–Crippen MR) is 112 cm³/mol. The van der Waals surface area contributed by atoms with E-state index in [4.69, 9.17) is 4.74 Å². The number of sulfonamides is 1. The maximum Gasteiger partial charge on any atom is 0.240 e. The molecule has 0 bridgehead atoms. The van der Waals surface area contributed by atoms with Crippen LogP contribution >= 0.6 is 0 Å². The minimum absolute atomic E-state index is 0.227. The van der Waals surface area contributed by atoms with E-state index in [1.165, 1.54) is 12.7 Å². The van der Waals surface area contributed by atoms with E-state index in [2.05, 4.69) is 45.5 Å². The molecule has 7 nitrogen and oxygen atoms in total. The number of rotatable bonds is 9. The third-order valence-corrected chi connectivity index (χ3v) is 5.49. The van der Waals surface area contributed by atoms with E-state index in [1.54, 1.807) is 25.2 Å². The van der Waals surface area contributed by atoms with Gasteiger partial charge in [-0.05, 0) is 30.2 Å². The SMILES string of the molecule is CN=C(NCc1cccc(C)c1)NCc1cccc(S(=O)(=O)NCCOC)c1. The summed E-state index contributed by atoms with van der Waals surface area (Å²) in [7, 11) is -0.324. The molecule has 28 heavy (non-hydrogen) atoms. The molecule has 3 N–H and O–H groups in total. The van der Waals surface area contributed by atoms with E-state index in [0.717, 1.165) is 11.1 Å². The lowest BCUT2D eigenvalue weighted by molar-refractivity contribution is 0.204. The highest BCUT2D eigenvalue weighted by molar-refractivity contribution is 7.89. The van der Waals surface area contributed by atoms with Crippen LogP contribution in [0.2, 0.25) is 0 Å². The van der Waals surface area contributed by atoms with Crippen LogP contribution in [0.3, 0.4) is 0 Å². The normalized spacial score (nSPS) is 12.0. The Morgan fingerprint density at radius 3 is 2.29 bits per heavy atom. The van der Waals surface area contributed by atoms with Crippen molar-refractivity contribution in [1.29, 1.82) is 0 Å². The molecule has 0 saturated carbocycles. The van der Waals surface area contributed by atoms with Gasteiger partial charge >= 0.3 is 0 Å². The van der Waals surface area contributed by atoms with E-state index >= 15 is 0 Å². The molecule has 8 heteroatoms. The number of benzene rings is 2. The first-order chi connectivity index (χ1) is 13.4. The van der Waals surface area contributed by atoms with Gasteiger partial charge in [-0.25, -0.2) is 13.1 Å². The molecule has 2 aromatic carbocycles. The van der Waals surface area contributed by atoms with E-state index in [-0.39, 0.29) is 11.4 Å². The first-order valence-electron chi connectivity index (χ1n) is 9.02. The number of nitrogens with zero attached hydrogens (tertiary/aromatic N) is 1. The molecule has 0 aliphatic carbocycles. The van der Waals surface area contributed by atoms with Crippen LogP contribution in [0.15, 0.2) is 58.4 Å². The Bertz CT molecular complexity index is 898. The zero-order valence-corrected chi connectivity index (χ0v) is 17.3. The standard InChI is InChI=1S/C20H28N4O3S/c1-16-6-4-7-17(12-16)14-22-20(21-2)23-15-18-8-5-9-19(13-18)28(25,26)24-10-11-27-3/h4-9,12-13,24H,10-11,14-15H2,1-3H3,(H2,21,22,23). The number of guanidine groups is 1. The van der Waals surface area contributed by atoms with Crippen molar-refractivity contribution in [3.05, 3.63) is 65.2 Å². The van der Waals surface area contributed by atoms with E-state index < -0.39 is 10.0 Å². The van der Waals surface area contributed by atoms with Crippen molar-refractivity contribution in [2.45, 2.75) is 24.9 Å². The van der Waals surface area contributed by atoms with Gasteiger partial charge in [-0.3, -0.25) is 4.99 Å². The van der Waals surface area contributed by atoms with Crippen LogP contribution in [0.1, 0.15) is 16.7 Å². The lowest BCUT2D eigenvalue weighted by Crippen LogP contribution is -2.36. The molecule has 0 unspecified atom stereocenters. The molecule has 2 aromatic rings. The first kappa shape index (κ1) is 21.9. The molecule has 0 aliphatic heterocycles. The summed E-state index contributed by atoms with van der Waals surface area (Å²) in [5, 5.41) is 6.46. The van der Waals surface area contributed by atoms with E-state index in [1.807, 2.05) is 12.1 Å². The Balaban J connectivity index is 1.93. The molecule has 152 valence electrons. The maximum atomic E-state index is 12.3. The average Bonchev–Trinajstić information content (AvgIpc) is 2.68. The van der Waals surface area contributed by atoms with Crippen molar-refractivity contribution >= 4 is 16.0 Å². The minimum Gasteiger partial charge on any atom is -0.383 e. The first-order valence-corrected chi connectivity index (χ1v) is 10.5. The topological polar surface area (TPSA) is 91.8 Å². The molecule has 0 aliphatic rings. The van der Waals surface area contributed by atoms with Gasteiger partial charge in [-0.15, -0.1) is 0 Å². The van der Waals surface area contributed by atoms with Crippen LogP contribution in [-0.4, -0.2) is 41.7 Å². The lowest BCUT2D eigenvalue weighted by atomic mass is 10.1. The summed E-state index contributed by atoms with van der Waals surface area (Å²) in [6, 6.07) is 15.1. The number of methoxy groups -OCH3 is 1. The number of hydrogen-bond donors (Lipinski definition) is 3. The molecule has 0 heterocycles. The lowest BCUT2D eigenvalue weighted by Gasteiger charge is -2.13. The Kier molecular flexibility index (Phi) is 8.43. The van der Waals surface area contributed by atoms with Crippen molar-refractivity contribution in [2.24, 2.45) is 4.99 Å². The predicted octanol–water partition coefficient (Wildman–Crippen LogP) is 1.78. The highest BCUT2D eigenvalue weighted by Crippen LogP contribution is 2.11. The Morgan fingerprint density at radius 1 is 1.04 bits per heavy atom. The molecule has 0 atom stereocenters. The average molecular weight is 405 g/mol. The zero-order chi connectivity index (χ0) is 20.4. The summed E-state index contributed by atoms with van der Waals surface area (Å²) in [6.45, 7) is 3.72. The molecule has 0 amide bonds. The summed E-state index contributed by atoms with van der Waals surface area (Å²) in [6.07, 6.45) is 0. The Morgan fingerprint density at radius 2 is 1.68 bits per heavy atom. The van der Waals surface area contributed by atoms with Crippen LogP contribution in [0.25, 0.3) is 0 Å². The summed E-state index contributed by atoms with van der Waals surface area (Å²) >= 11 is 0. The number of ether oxygens (including phenoxy) is 1. The fourth-order valence-corrected chi connectivity index (χ4v) is 3.68. The monoisotopic (exact) mass is 404 g/mol. The molecular formula is C20H28N4O3S. The van der Waals surface area contributed by atoms with Gasteiger partial charge in [-0.1, -0.05) is 42.0 Å². The van der Waals surface area contributed by atoms with E-state index in [9.17, 15) is 8.42 Å². The van der Waals surface area contributed by atoms with Crippen LogP contribution in [0, 0.1) is 6.92 Å². The van der Waals surface area contributed by atoms with Crippen LogP contribution in [-0.2, 0) is 27.8 Å². The third-order valence-electron chi connectivity index (χ3n) is 4.03. The van der Waals surface area contributed by atoms with Crippen molar-refractivity contribution in [1.82, 2.24) is 15.4 Å². The van der Waals surface area contributed by atoms with Gasteiger partial charge in [0.25, 0.3) is 0 Å². The molecule has 0 saturated heterocycles. The Labute approximate surface area is 167 Å². The smallest absolute Gasteiger partial charge is 0.240 e. The van der Waals surface area contributed by atoms with Gasteiger partial charge in [-0.2, -0.15) is 0 Å². The van der Waals surface area contributed by atoms with Gasteiger partial charge in [0.1, 0.15) is 0 Å². The highest BCUT2D eigenvalue weighted by atomic mass is 32.2. The summed E-state index contributed by atoms with van der Waals surface area (Å²) < 4.78 is 32.0. The van der Waals surface area contributed by atoms with Gasteiger partial charge in [0, 0.05) is 33.8 Å². The summed E-state index contributed by atoms with van der Waals surface area (Å²) in [4.78, 5) is 4.44. The second-order valence-corrected chi connectivity index (χ2v) is 8.07. The number of aryl methyl sites for hydroxylation is 1. The molecular weight excluding hydrogens is 376 g/mol. The van der Waals surface area contributed by atoms with Gasteiger partial charge in [0.05, 0.1) is 11.5 Å². The third kappa shape index (κ3) is 6.95. The van der Waals surface area contributed by atoms with Gasteiger partial charge < -0.3 is 15.4 Å². The van der Waals surface area contributed by atoms with E-state index in [0.29, 0.717) is 25.7 Å². The van der Waals surface area contributed by atoms with Crippen molar-refractivity contribution < 1.29 is 13.2 Å². The van der Waals surface area contributed by atoms with Crippen molar-refractivity contribution in [2.75, 3.05) is 27.3 Å². The molecule has 0 fully saturated rings. The number of aliphatic imine (C=N–C) groups is 1. The van der Waals surface area contributed by atoms with Crippen LogP contribution < -0.4 is 15.4 Å². The van der Waals surface area contributed by atoms with Crippen LogP contribution in [0.5, 0.6) is 0 Å². The van der Waals surface area contributed by atoms with Gasteiger partial charge in [0.2, 0.25) is 10.0 Å². The maximum absolute atomic E-state index is 12.3. The minimum atomic E-state index is -3.55. The van der Waals surface area contributed by atoms with Crippen molar-refractivity contribution in [3.8, 4) is 0 Å². The summed E-state index contributed by atoms with van der Waals surface area (Å²) in [5.74, 6) is 0.646. The fraction of sp³-hybridized carbons (Fsp3) is 0.350. The molecule has 2 rings (SSSR count). The fourth-order valence-electron chi connectivity index (χ4n) is 2.60. The second kappa shape index (κ2) is 10.8. The quantitative estimate of drug-likeness (QED) is 0.337. The highest BCUT2D eigenvalue weighted by Gasteiger charge is 2.13. The number of nitrogens with one attached hydrogen (secondary N) is 3. The molecule has 0 radical (unpaired) electrons. The number of hydrogen-bond acceptors (Lipinski definition) is 4. The molecule has 0 spiro atoms. The largest absolute Gasteiger partial charge is 0.383 e. The zero-order valence-electron chi connectivity index (χ0n) is 16.5. The summed E-state index contributed by atoms with van der Waals surface area (Å²) in [5.41, 5.74) is 3.21. The van der Waals surface area contributed by atoms with Crippen molar-refractivity contribution in [3.63, 3.8) is 0 Å². The Hall–Kier alpha value is -2.42. The molecule has 0 aromatic heterocycles. The second-order valence-electron chi connectivity index (χ2n) is 6.31. The van der Waals surface area contributed by atoms with Gasteiger partial charge in [0.15, 0.2) is 5.96 Å².